The van der Waals surface area contributed by atoms with E-state index in [1.165, 1.54) is 17.6 Å². The Morgan fingerprint density at radius 3 is 2.73 bits per heavy atom. The van der Waals surface area contributed by atoms with Gasteiger partial charge < -0.3 is 10.1 Å². The molecule has 0 atom stereocenters. The van der Waals surface area contributed by atoms with Crippen LogP contribution in [0.1, 0.15) is 32.8 Å². The topological polar surface area (TPSA) is 121 Å². The van der Waals surface area contributed by atoms with Crippen molar-refractivity contribution in [1.82, 2.24) is 10.2 Å². The van der Waals surface area contributed by atoms with Gasteiger partial charge in [0.25, 0.3) is 5.91 Å². The van der Waals surface area contributed by atoms with Crippen LogP contribution in [-0.4, -0.2) is 49.9 Å². The maximum Gasteiger partial charge on any atom is 0.358 e. The Labute approximate surface area is 150 Å². The van der Waals surface area contributed by atoms with E-state index < -0.39 is 21.9 Å². The molecule has 1 amide bonds. The molecule has 2 aromatic rings. The summed E-state index contributed by atoms with van der Waals surface area (Å²) in [5.74, 6) is -0.959. The Hall–Kier alpha value is -2.88. The van der Waals surface area contributed by atoms with E-state index in [1.807, 2.05) is 0 Å². The number of rotatable bonds is 4. The van der Waals surface area contributed by atoms with E-state index in [4.69, 9.17) is 0 Å². The number of aromatic nitrogens is 2. The molecule has 2 N–H and O–H groups in total. The van der Waals surface area contributed by atoms with Gasteiger partial charge in [0.1, 0.15) is 0 Å². The number of nitrogens with zero attached hydrogens (tertiary/aromatic N) is 2. The highest BCUT2D eigenvalue weighted by molar-refractivity contribution is 7.93. The largest absolute Gasteiger partial charge is 0.464 e. The number of ether oxygens (including phenoxy) is 1. The molecule has 0 radical (unpaired) electrons. The molecule has 26 heavy (non-hydrogen) atoms. The van der Waals surface area contributed by atoms with Crippen molar-refractivity contribution in [2.75, 3.05) is 29.0 Å². The van der Waals surface area contributed by atoms with Crippen molar-refractivity contribution < 1.29 is 22.7 Å². The van der Waals surface area contributed by atoms with Crippen LogP contribution < -0.4 is 9.62 Å². The summed E-state index contributed by atoms with van der Waals surface area (Å²) in [5, 5.41) is 8.80. The van der Waals surface area contributed by atoms with Gasteiger partial charge in [-0.1, -0.05) is 0 Å². The SMILES string of the molecule is COC(=O)c1[nH]ncc1NC(=O)c1ccc(N2CCCS2(=O)=O)cc1C. The number of aryl methyl sites for hydroxylation is 1. The van der Waals surface area contributed by atoms with Crippen molar-refractivity contribution in [3.05, 3.63) is 41.2 Å². The molecule has 1 fully saturated rings. The van der Waals surface area contributed by atoms with Gasteiger partial charge >= 0.3 is 5.97 Å². The number of methoxy groups -OCH3 is 1. The number of sulfonamides is 1. The lowest BCUT2D eigenvalue weighted by Gasteiger charge is -2.18. The molecule has 0 saturated carbocycles. The molecule has 1 saturated heterocycles. The number of H-pyrrole nitrogens is 1. The van der Waals surface area contributed by atoms with Gasteiger partial charge in [0.2, 0.25) is 10.0 Å². The molecular formula is C16H18N4O5S. The Balaban J connectivity index is 1.83. The van der Waals surface area contributed by atoms with Crippen LogP contribution in [0.4, 0.5) is 11.4 Å². The smallest absolute Gasteiger partial charge is 0.358 e. The molecular weight excluding hydrogens is 360 g/mol. The van der Waals surface area contributed by atoms with Crippen LogP contribution in [-0.2, 0) is 14.8 Å². The molecule has 0 unspecified atom stereocenters. The Morgan fingerprint density at radius 1 is 1.35 bits per heavy atom. The van der Waals surface area contributed by atoms with Crippen LogP contribution in [0.15, 0.2) is 24.4 Å². The fourth-order valence-corrected chi connectivity index (χ4v) is 4.37. The van der Waals surface area contributed by atoms with E-state index >= 15 is 0 Å². The van der Waals surface area contributed by atoms with Crippen molar-refractivity contribution in [3.63, 3.8) is 0 Å². The average Bonchev–Trinajstić information content (AvgIpc) is 3.19. The number of carbonyl (C=O) groups is 2. The van der Waals surface area contributed by atoms with Crippen molar-refractivity contribution in [3.8, 4) is 0 Å². The zero-order chi connectivity index (χ0) is 18.9. The van der Waals surface area contributed by atoms with Crippen LogP contribution in [0, 0.1) is 6.92 Å². The molecule has 2 heterocycles. The monoisotopic (exact) mass is 378 g/mol. The third-order valence-corrected chi connectivity index (χ3v) is 5.99. The summed E-state index contributed by atoms with van der Waals surface area (Å²) in [6.45, 7) is 2.16. The van der Waals surface area contributed by atoms with Crippen LogP contribution in [0.25, 0.3) is 0 Å². The zero-order valence-electron chi connectivity index (χ0n) is 14.3. The summed E-state index contributed by atoms with van der Waals surface area (Å²) in [5.41, 5.74) is 1.76. The molecule has 10 heteroatoms. The standard InChI is InChI=1S/C16H18N4O5S/c1-10-8-11(20-6-3-7-26(20,23)24)4-5-12(10)15(21)18-13-9-17-19-14(13)16(22)25-2/h4-5,8-9H,3,6-7H2,1-2H3,(H,17,19)(H,18,21). The van der Waals surface area contributed by atoms with E-state index in [0.717, 1.165) is 0 Å². The Bertz CT molecular complexity index is 967. The highest BCUT2D eigenvalue weighted by atomic mass is 32.2. The van der Waals surface area contributed by atoms with Gasteiger partial charge in [0.15, 0.2) is 5.69 Å². The summed E-state index contributed by atoms with van der Waals surface area (Å²) in [4.78, 5) is 24.1. The fourth-order valence-electron chi connectivity index (χ4n) is 2.82. The highest BCUT2D eigenvalue weighted by Gasteiger charge is 2.29. The maximum absolute atomic E-state index is 12.5. The first-order valence-corrected chi connectivity index (χ1v) is 9.48. The van der Waals surface area contributed by atoms with Crippen LogP contribution in [0.3, 0.4) is 0 Å². The lowest BCUT2D eigenvalue weighted by atomic mass is 10.1. The summed E-state index contributed by atoms with van der Waals surface area (Å²) in [6.07, 6.45) is 1.89. The molecule has 3 rings (SSSR count). The Kier molecular flexibility index (Phi) is 4.68. The molecule has 1 aliphatic heterocycles. The molecule has 0 bridgehead atoms. The molecule has 1 aliphatic rings. The molecule has 9 nitrogen and oxygen atoms in total. The molecule has 1 aromatic carbocycles. The Morgan fingerprint density at radius 2 is 2.12 bits per heavy atom. The van der Waals surface area contributed by atoms with Crippen LogP contribution in [0.2, 0.25) is 0 Å². The number of benzene rings is 1. The minimum absolute atomic E-state index is 0.0401. The molecule has 138 valence electrons. The van der Waals surface area contributed by atoms with E-state index in [0.29, 0.717) is 29.8 Å². The van der Waals surface area contributed by atoms with E-state index in [1.54, 1.807) is 25.1 Å². The molecule has 0 aliphatic carbocycles. The average molecular weight is 378 g/mol. The zero-order valence-corrected chi connectivity index (χ0v) is 15.1. The third kappa shape index (κ3) is 3.27. The van der Waals surface area contributed by atoms with Crippen molar-refractivity contribution in [2.45, 2.75) is 13.3 Å². The van der Waals surface area contributed by atoms with Gasteiger partial charge in [0, 0.05) is 12.1 Å². The predicted octanol–water partition coefficient (Wildman–Crippen LogP) is 1.30. The first kappa shape index (κ1) is 17.9. The second-order valence-corrected chi connectivity index (χ2v) is 7.86. The number of amides is 1. The van der Waals surface area contributed by atoms with Gasteiger partial charge in [0.05, 0.1) is 30.4 Å². The van der Waals surface area contributed by atoms with Gasteiger partial charge in [-0.3, -0.25) is 14.2 Å². The number of nitrogens with one attached hydrogen (secondary N) is 2. The van der Waals surface area contributed by atoms with Gasteiger partial charge in [-0.2, -0.15) is 5.10 Å². The third-order valence-electron chi connectivity index (χ3n) is 4.12. The summed E-state index contributed by atoms with van der Waals surface area (Å²) in [7, 11) is -2.05. The number of anilines is 2. The predicted molar refractivity (Wildman–Crippen MR) is 94.8 cm³/mol. The molecule has 1 aromatic heterocycles. The number of aromatic amines is 1. The van der Waals surface area contributed by atoms with Gasteiger partial charge in [-0.15, -0.1) is 0 Å². The van der Waals surface area contributed by atoms with Crippen molar-refractivity contribution >= 4 is 33.3 Å². The second-order valence-electron chi connectivity index (χ2n) is 5.85. The van der Waals surface area contributed by atoms with E-state index in [2.05, 4.69) is 20.3 Å². The first-order valence-electron chi connectivity index (χ1n) is 7.87. The van der Waals surface area contributed by atoms with Crippen molar-refractivity contribution in [1.29, 1.82) is 0 Å². The number of carbonyl (C=O) groups excluding carboxylic acids is 2. The number of hydrogen-bond acceptors (Lipinski definition) is 6. The minimum Gasteiger partial charge on any atom is -0.464 e. The normalized spacial score (nSPS) is 15.7. The van der Waals surface area contributed by atoms with Crippen molar-refractivity contribution in [2.24, 2.45) is 0 Å². The van der Waals surface area contributed by atoms with E-state index in [-0.39, 0.29) is 17.1 Å². The maximum atomic E-state index is 12.5. The summed E-state index contributed by atoms with van der Waals surface area (Å²) >= 11 is 0. The summed E-state index contributed by atoms with van der Waals surface area (Å²) < 4.78 is 30.0. The fraction of sp³-hybridized carbons (Fsp3) is 0.312. The lowest BCUT2D eigenvalue weighted by molar-refractivity contribution is 0.0595. The van der Waals surface area contributed by atoms with E-state index in [9.17, 15) is 18.0 Å². The summed E-state index contributed by atoms with van der Waals surface area (Å²) in [6, 6.07) is 4.82. The highest BCUT2D eigenvalue weighted by Crippen LogP contribution is 2.26. The lowest BCUT2D eigenvalue weighted by Crippen LogP contribution is -2.25. The first-order chi connectivity index (χ1) is 12.3. The van der Waals surface area contributed by atoms with Gasteiger partial charge in [-0.05, 0) is 37.1 Å². The van der Waals surface area contributed by atoms with Crippen LogP contribution in [0.5, 0.6) is 0 Å². The second kappa shape index (κ2) is 6.79. The molecule has 0 spiro atoms. The minimum atomic E-state index is -3.28. The quantitative estimate of drug-likeness (QED) is 0.774. The number of esters is 1. The van der Waals surface area contributed by atoms with Gasteiger partial charge in [-0.25, -0.2) is 13.2 Å². The van der Waals surface area contributed by atoms with Crippen LogP contribution >= 0.6 is 0 Å². The number of hydrogen-bond donors (Lipinski definition) is 2.